The van der Waals surface area contributed by atoms with Gasteiger partial charge in [0.2, 0.25) is 0 Å². The highest BCUT2D eigenvalue weighted by Crippen LogP contribution is 2.24. The Kier molecular flexibility index (Phi) is 4.80. The highest BCUT2D eigenvalue weighted by atomic mass is 16.3. The summed E-state index contributed by atoms with van der Waals surface area (Å²) in [6.07, 6.45) is 3.78. The lowest BCUT2D eigenvalue weighted by Gasteiger charge is -2.21. The van der Waals surface area contributed by atoms with Gasteiger partial charge in [0.15, 0.2) is 0 Å². The molecule has 0 aliphatic heterocycles. The van der Waals surface area contributed by atoms with Crippen LogP contribution in [-0.4, -0.2) is 6.54 Å². The van der Waals surface area contributed by atoms with Crippen LogP contribution in [0.15, 0.2) is 41.0 Å². The molecule has 1 heterocycles. The number of hydrogen-bond acceptors (Lipinski definition) is 2. The van der Waals surface area contributed by atoms with Crippen LogP contribution in [0, 0.1) is 13.8 Å². The Bertz CT molecular complexity index is 502. The predicted octanol–water partition coefficient (Wildman–Crippen LogP) is 4.18. The van der Waals surface area contributed by atoms with Gasteiger partial charge in [-0.1, -0.05) is 25.1 Å². The van der Waals surface area contributed by atoms with E-state index in [1.807, 2.05) is 12.1 Å². The second-order valence-corrected chi connectivity index (χ2v) is 5.02. The molecule has 2 aromatic rings. The van der Waals surface area contributed by atoms with Crippen molar-refractivity contribution in [3.05, 3.63) is 59.0 Å². The van der Waals surface area contributed by atoms with Crippen molar-refractivity contribution in [2.45, 2.75) is 39.7 Å². The van der Waals surface area contributed by atoms with Crippen LogP contribution in [0.1, 0.15) is 41.8 Å². The maximum absolute atomic E-state index is 5.42. The van der Waals surface area contributed by atoms with Crippen molar-refractivity contribution in [2.24, 2.45) is 0 Å². The number of hydrogen-bond donors (Lipinski definition) is 1. The minimum absolute atomic E-state index is 0.398. The topological polar surface area (TPSA) is 25.2 Å². The van der Waals surface area contributed by atoms with E-state index in [4.69, 9.17) is 4.42 Å². The Morgan fingerprint density at radius 1 is 1.16 bits per heavy atom. The third-order valence-electron chi connectivity index (χ3n) is 3.73. The first-order valence-electron chi connectivity index (χ1n) is 7.04. The van der Waals surface area contributed by atoms with Crippen LogP contribution >= 0.6 is 0 Å². The van der Waals surface area contributed by atoms with Crippen molar-refractivity contribution in [1.29, 1.82) is 0 Å². The predicted molar refractivity (Wildman–Crippen MR) is 79.4 cm³/mol. The summed E-state index contributed by atoms with van der Waals surface area (Å²) in [5.41, 5.74) is 4.17. The van der Waals surface area contributed by atoms with E-state index in [0.29, 0.717) is 6.04 Å². The summed E-state index contributed by atoms with van der Waals surface area (Å²) in [5, 5.41) is 3.59. The van der Waals surface area contributed by atoms with Crippen LogP contribution in [0.25, 0.3) is 0 Å². The fraction of sp³-hybridized carbons (Fsp3) is 0.412. The average molecular weight is 257 g/mol. The molecular weight excluding hydrogens is 234 g/mol. The molecule has 0 fully saturated rings. The Morgan fingerprint density at radius 2 is 2.00 bits per heavy atom. The monoisotopic (exact) mass is 257 g/mol. The molecule has 0 saturated heterocycles. The maximum atomic E-state index is 5.42. The molecule has 1 aromatic heterocycles. The van der Waals surface area contributed by atoms with Crippen LogP contribution < -0.4 is 5.32 Å². The highest BCUT2D eigenvalue weighted by Gasteiger charge is 2.14. The van der Waals surface area contributed by atoms with Gasteiger partial charge < -0.3 is 9.73 Å². The Hall–Kier alpha value is -1.54. The van der Waals surface area contributed by atoms with Crippen molar-refractivity contribution in [2.75, 3.05) is 6.54 Å². The molecule has 0 spiro atoms. The fourth-order valence-corrected chi connectivity index (χ4v) is 2.51. The number of benzene rings is 1. The summed E-state index contributed by atoms with van der Waals surface area (Å²) in [4.78, 5) is 0. The zero-order chi connectivity index (χ0) is 13.7. The van der Waals surface area contributed by atoms with Gasteiger partial charge in [0.05, 0.1) is 6.26 Å². The number of nitrogens with one attached hydrogen (secondary N) is 1. The molecule has 19 heavy (non-hydrogen) atoms. The zero-order valence-corrected chi connectivity index (χ0v) is 12.1. The van der Waals surface area contributed by atoms with Gasteiger partial charge in [-0.05, 0) is 55.6 Å². The minimum Gasteiger partial charge on any atom is -0.469 e. The van der Waals surface area contributed by atoms with Gasteiger partial charge in [-0.15, -0.1) is 0 Å². The average Bonchev–Trinajstić information content (AvgIpc) is 2.91. The van der Waals surface area contributed by atoms with Gasteiger partial charge in [-0.25, -0.2) is 0 Å². The normalized spacial score (nSPS) is 12.6. The molecule has 0 bridgehead atoms. The largest absolute Gasteiger partial charge is 0.469 e. The number of rotatable bonds is 6. The molecule has 0 amide bonds. The molecule has 102 valence electrons. The van der Waals surface area contributed by atoms with Crippen LogP contribution in [0.3, 0.4) is 0 Å². The second-order valence-electron chi connectivity index (χ2n) is 5.02. The standard InChI is InChI=1S/C17H23NO/c1-4-18-17(11-10-15-8-6-12-19-15)16-9-5-7-13(2)14(16)3/h5-9,12,17-18H,4,10-11H2,1-3H3. The molecule has 0 radical (unpaired) electrons. The highest BCUT2D eigenvalue weighted by molar-refractivity contribution is 5.35. The van der Waals surface area contributed by atoms with Gasteiger partial charge >= 0.3 is 0 Å². The molecule has 1 atom stereocenters. The lowest BCUT2D eigenvalue weighted by atomic mass is 9.94. The van der Waals surface area contributed by atoms with Gasteiger partial charge in [0, 0.05) is 12.5 Å². The molecule has 2 heteroatoms. The summed E-state index contributed by atoms with van der Waals surface area (Å²) in [6, 6.07) is 11.0. The van der Waals surface area contributed by atoms with Crippen LogP contribution in [0.4, 0.5) is 0 Å². The van der Waals surface area contributed by atoms with Crippen molar-refractivity contribution in [3.63, 3.8) is 0 Å². The lowest BCUT2D eigenvalue weighted by Crippen LogP contribution is -2.22. The van der Waals surface area contributed by atoms with E-state index in [1.54, 1.807) is 6.26 Å². The second kappa shape index (κ2) is 6.58. The maximum Gasteiger partial charge on any atom is 0.103 e. The van der Waals surface area contributed by atoms with E-state index >= 15 is 0 Å². The fourth-order valence-electron chi connectivity index (χ4n) is 2.51. The SMILES string of the molecule is CCNC(CCc1ccco1)c1cccc(C)c1C. The quantitative estimate of drug-likeness (QED) is 0.839. The van der Waals surface area contributed by atoms with E-state index in [1.165, 1.54) is 16.7 Å². The van der Waals surface area contributed by atoms with Gasteiger partial charge in [-0.2, -0.15) is 0 Å². The minimum atomic E-state index is 0.398. The third kappa shape index (κ3) is 3.48. The van der Waals surface area contributed by atoms with E-state index in [0.717, 1.165) is 25.1 Å². The Labute approximate surface area is 115 Å². The van der Waals surface area contributed by atoms with Crippen LogP contribution in [0.2, 0.25) is 0 Å². The van der Waals surface area contributed by atoms with Crippen molar-refractivity contribution < 1.29 is 4.42 Å². The molecule has 1 aromatic carbocycles. The first-order valence-corrected chi connectivity index (χ1v) is 7.04. The molecule has 2 rings (SSSR count). The summed E-state index contributed by atoms with van der Waals surface area (Å²) < 4.78 is 5.42. The summed E-state index contributed by atoms with van der Waals surface area (Å²) in [7, 11) is 0. The molecule has 1 N–H and O–H groups in total. The summed E-state index contributed by atoms with van der Waals surface area (Å²) in [5.74, 6) is 1.06. The first kappa shape index (κ1) is 13.9. The molecular formula is C17H23NO. The third-order valence-corrected chi connectivity index (χ3v) is 3.73. The summed E-state index contributed by atoms with van der Waals surface area (Å²) >= 11 is 0. The zero-order valence-electron chi connectivity index (χ0n) is 12.1. The first-order chi connectivity index (χ1) is 9.22. The lowest BCUT2D eigenvalue weighted by molar-refractivity contribution is 0.457. The Morgan fingerprint density at radius 3 is 2.68 bits per heavy atom. The van der Waals surface area contributed by atoms with Crippen LogP contribution in [0.5, 0.6) is 0 Å². The molecule has 1 unspecified atom stereocenters. The van der Waals surface area contributed by atoms with Gasteiger partial charge in [0.25, 0.3) is 0 Å². The van der Waals surface area contributed by atoms with Gasteiger partial charge in [-0.3, -0.25) is 0 Å². The smallest absolute Gasteiger partial charge is 0.103 e. The Balaban J connectivity index is 2.12. The molecule has 0 aliphatic rings. The molecule has 0 aliphatic carbocycles. The van der Waals surface area contributed by atoms with E-state index in [-0.39, 0.29) is 0 Å². The van der Waals surface area contributed by atoms with E-state index < -0.39 is 0 Å². The number of aryl methyl sites for hydroxylation is 2. The van der Waals surface area contributed by atoms with Crippen molar-refractivity contribution in [1.82, 2.24) is 5.32 Å². The summed E-state index contributed by atoms with van der Waals surface area (Å²) in [6.45, 7) is 7.53. The van der Waals surface area contributed by atoms with E-state index in [9.17, 15) is 0 Å². The van der Waals surface area contributed by atoms with Crippen LogP contribution in [-0.2, 0) is 6.42 Å². The number of furan rings is 1. The van der Waals surface area contributed by atoms with Crippen molar-refractivity contribution >= 4 is 0 Å². The van der Waals surface area contributed by atoms with E-state index in [2.05, 4.69) is 44.3 Å². The molecule has 0 saturated carbocycles. The van der Waals surface area contributed by atoms with Gasteiger partial charge in [0.1, 0.15) is 5.76 Å². The van der Waals surface area contributed by atoms with Crippen molar-refractivity contribution in [3.8, 4) is 0 Å². The molecule has 2 nitrogen and oxygen atoms in total.